The van der Waals surface area contributed by atoms with Gasteiger partial charge in [-0.3, -0.25) is 14.9 Å². The van der Waals surface area contributed by atoms with E-state index in [4.69, 9.17) is 9.40 Å². The topological polar surface area (TPSA) is 113 Å². The molecule has 0 bridgehead atoms. The summed E-state index contributed by atoms with van der Waals surface area (Å²) in [5, 5.41) is 6.68. The van der Waals surface area contributed by atoms with Crippen LogP contribution in [-0.2, 0) is 11.3 Å². The minimum Gasteiger partial charge on any atom is -0.472 e. The molecule has 2 fully saturated rings. The number of furan rings is 1. The first kappa shape index (κ1) is 24.3. The molecule has 38 heavy (non-hydrogen) atoms. The Bertz CT molecular complexity index is 1510. The molecule has 2 amide bonds. The smallest absolute Gasteiger partial charge is 0.290 e. The van der Waals surface area contributed by atoms with Gasteiger partial charge >= 0.3 is 0 Å². The number of carbonyl (C=O) groups excluding carboxylic acids is 2. The Morgan fingerprint density at radius 3 is 2.79 bits per heavy atom. The third-order valence-corrected chi connectivity index (χ3v) is 7.64. The Balaban J connectivity index is 1.06. The molecule has 0 atom stereocenters. The molecule has 2 aliphatic heterocycles. The highest BCUT2D eigenvalue weighted by Gasteiger charge is 2.26. The second kappa shape index (κ2) is 10.8. The van der Waals surface area contributed by atoms with Crippen molar-refractivity contribution in [3.8, 4) is 11.3 Å². The van der Waals surface area contributed by atoms with Crippen LogP contribution >= 0.6 is 11.8 Å². The lowest BCUT2D eigenvalue weighted by atomic mass is 9.96. The van der Waals surface area contributed by atoms with Gasteiger partial charge in [0.15, 0.2) is 0 Å². The quantitative estimate of drug-likeness (QED) is 0.333. The van der Waals surface area contributed by atoms with Gasteiger partial charge in [-0.25, -0.2) is 15.0 Å². The third kappa shape index (κ3) is 5.32. The van der Waals surface area contributed by atoms with Gasteiger partial charge < -0.3 is 14.6 Å². The summed E-state index contributed by atoms with van der Waals surface area (Å²) >= 11 is 0.889. The van der Waals surface area contributed by atoms with Gasteiger partial charge in [0.25, 0.3) is 11.1 Å². The first-order valence-corrected chi connectivity index (χ1v) is 13.4. The van der Waals surface area contributed by atoms with E-state index in [0.717, 1.165) is 78.5 Å². The summed E-state index contributed by atoms with van der Waals surface area (Å²) in [6.07, 6.45) is 8.80. The van der Waals surface area contributed by atoms with Crippen molar-refractivity contribution < 1.29 is 14.0 Å². The fourth-order valence-electron chi connectivity index (χ4n) is 4.84. The minimum absolute atomic E-state index is 0.349. The van der Waals surface area contributed by atoms with Gasteiger partial charge in [-0.15, -0.1) is 0 Å². The number of benzene rings is 1. The Morgan fingerprint density at radius 1 is 1.13 bits per heavy atom. The molecule has 0 aliphatic carbocycles. The van der Waals surface area contributed by atoms with Crippen LogP contribution in [0.15, 0.2) is 70.5 Å². The molecule has 6 rings (SSSR count). The fraction of sp³-hybridized carbons (Fsp3) is 0.250. The highest BCUT2D eigenvalue weighted by Crippen LogP contribution is 2.28. The average molecular weight is 527 g/mol. The van der Waals surface area contributed by atoms with Crippen molar-refractivity contribution in [2.24, 2.45) is 5.92 Å². The van der Waals surface area contributed by atoms with Crippen LogP contribution in [0.25, 0.3) is 28.2 Å². The number of fused-ring (bicyclic) bond motifs is 1. The summed E-state index contributed by atoms with van der Waals surface area (Å²) in [6, 6.07) is 14.1. The summed E-state index contributed by atoms with van der Waals surface area (Å²) in [7, 11) is 0. The molecular formula is C28H26N6O3S. The maximum Gasteiger partial charge on any atom is 0.290 e. The molecule has 4 aromatic rings. The standard InChI is InChI=1S/C28H26N6O3S/c35-26-24(38-28(36)33-26)14-22-5-9-30-27(31-22)34-10-6-18(7-11-34)15-29-16-21-13-19-3-1-2-4-23(19)32-25(21)20-8-12-37-17-20/h1-5,8-9,12-14,17-18,29H,6-7,10-11,15-16H2,(H,33,35,36). The predicted molar refractivity (Wildman–Crippen MR) is 147 cm³/mol. The van der Waals surface area contributed by atoms with Crippen molar-refractivity contribution in [1.29, 1.82) is 0 Å². The number of carbonyl (C=O) groups is 2. The molecule has 0 unspecified atom stereocenters. The SMILES string of the molecule is O=C1NC(=O)C(=Cc2ccnc(N3CCC(CNCc4cc5ccccc5nc4-c4ccoc4)CC3)n2)S1. The fourth-order valence-corrected chi connectivity index (χ4v) is 5.51. The number of para-hydroxylation sites is 1. The zero-order valence-electron chi connectivity index (χ0n) is 20.6. The minimum atomic E-state index is -0.384. The lowest BCUT2D eigenvalue weighted by Crippen LogP contribution is -2.38. The molecule has 192 valence electrons. The number of imide groups is 1. The molecule has 10 heteroatoms. The summed E-state index contributed by atoms with van der Waals surface area (Å²) in [5.74, 6) is 0.809. The summed E-state index contributed by atoms with van der Waals surface area (Å²) < 4.78 is 5.32. The first-order valence-electron chi connectivity index (χ1n) is 12.6. The Kier molecular flexibility index (Phi) is 6.89. The van der Waals surface area contributed by atoms with E-state index >= 15 is 0 Å². The van der Waals surface area contributed by atoms with Crippen LogP contribution in [0.1, 0.15) is 24.1 Å². The van der Waals surface area contributed by atoms with E-state index < -0.39 is 0 Å². The first-order chi connectivity index (χ1) is 18.6. The molecule has 2 saturated heterocycles. The van der Waals surface area contributed by atoms with Crippen molar-refractivity contribution in [2.45, 2.75) is 19.4 Å². The number of rotatable bonds is 7. The number of anilines is 1. The highest BCUT2D eigenvalue weighted by molar-refractivity contribution is 8.18. The number of nitrogens with zero attached hydrogens (tertiary/aromatic N) is 4. The molecule has 3 aromatic heterocycles. The van der Waals surface area contributed by atoms with Gasteiger partial charge in [-0.2, -0.15) is 0 Å². The maximum atomic E-state index is 11.8. The van der Waals surface area contributed by atoms with Gasteiger partial charge in [0.2, 0.25) is 5.95 Å². The average Bonchev–Trinajstić information content (AvgIpc) is 3.58. The monoisotopic (exact) mass is 526 g/mol. The number of piperidine rings is 1. The predicted octanol–water partition coefficient (Wildman–Crippen LogP) is 4.61. The molecule has 2 aliphatic rings. The lowest BCUT2D eigenvalue weighted by Gasteiger charge is -2.32. The second-order valence-corrected chi connectivity index (χ2v) is 10.4. The van der Waals surface area contributed by atoms with E-state index in [1.165, 1.54) is 0 Å². The van der Waals surface area contributed by atoms with Crippen LogP contribution in [0.3, 0.4) is 0 Å². The van der Waals surface area contributed by atoms with Crippen molar-refractivity contribution in [2.75, 3.05) is 24.5 Å². The van der Waals surface area contributed by atoms with Gasteiger partial charge in [0.05, 0.1) is 34.3 Å². The molecular weight excluding hydrogens is 500 g/mol. The molecule has 0 spiro atoms. The summed E-state index contributed by atoms with van der Waals surface area (Å²) in [6.45, 7) is 3.36. The van der Waals surface area contributed by atoms with Crippen LogP contribution in [0, 0.1) is 5.92 Å². The highest BCUT2D eigenvalue weighted by atomic mass is 32.2. The molecule has 9 nitrogen and oxygen atoms in total. The normalized spacial score (nSPS) is 17.5. The van der Waals surface area contributed by atoms with E-state index in [1.807, 2.05) is 24.3 Å². The molecule has 0 saturated carbocycles. The van der Waals surface area contributed by atoms with Crippen molar-refractivity contribution in [1.82, 2.24) is 25.6 Å². The van der Waals surface area contributed by atoms with Gasteiger partial charge in [0, 0.05) is 36.8 Å². The Morgan fingerprint density at radius 2 is 2.00 bits per heavy atom. The maximum absolute atomic E-state index is 11.8. The van der Waals surface area contributed by atoms with Crippen LogP contribution in [0.2, 0.25) is 0 Å². The van der Waals surface area contributed by atoms with Crippen LogP contribution in [0.4, 0.5) is 10.7 Å². The van der Waals surface area contributed by atoms with Crippen molar-refractivity contribution in [3.05, 3.63) is 77.4 Å². The largest absolute Gasteiger partial charge is 0.472 e. The molecule has 2 N–H and O–H groups in total. The number of amides is 2. The van der Waals surface area contributed by atoms with E-state index in [-0.39, 0.29) is 11.1 Å². The molecule has 1 aromatic carbocycles. The summed E-state index contributed by atoms with van der Waals surface area (Å²) in [5.41, 5.74) is 4.67. The van der Waals surface area contributed by atoms with Crippen molar-refractivity contribution in [3.63, 3.8) is 0 Å². The lowest BCUT2D eigenvalue weighted by molar-refractivity contribution is -0.115. The van der Waals surface area contributed by atoms with Crippen LogP contribution in [-0.4, -0.2) is 45.7 Å². The Labute approximate surface area is 223 Å². The van der Waals surface area contributed by atoms with Crippen LogP contribution < -0.4 is 15.5 Å². The molecule has 0 radical (unpaired) electrons. The van der Waals surface area contributed by atoms with Gasteiger partial charge in [-0.05, 0) is 73.0 Å². The number of nitrogens with one attached hydrogen (secondary N) is 2. The van der Waals surface area contributed by atoms with Crippen LogP contribution in [0.5, 0.6) is 0 Å². The Hall–Kier alpha value is -4.02. The second-order valence-electron chi connectivity index (χ2n) is 9.40. The number of pyridine rings is 1. The zero-order valence-corrected chi connectivity index (χ0v) is 21.4. The third-order valence-electron chi connectivity index (χ3n) is 6.83. The zero-order chi connectivity index (χ0) is 25.9. The number of hydrogen-bond acceptors (Lipinski definition) is 9. The van der Waals surface area contributed by atoms with E-state index in [1.54, 1.807) is 30.9 Å². The van der Waals surface area contributed by atoms with Gasteiger partial charge in [0.1, 0.15) is 0 Å². The van der Waals surface area contributed by atoms with E-state index in [9.17, 15) is 9.59 Å². The van der Waals surface area contributed by atoms with Crippen molar-refractivity contribution >= 4 is 45.8 Å². The number of hydrogen-bond donors (Lipinski definition) is 2. The van der Waals surface area contributed by atoms with E-state index in [0.29, 0.717) is 22.5 Å². The number of aromatic nitrogens is 3. The molecule has 5 heterocycles. The summed E-state index contributed by atoms with van der Waals surface area (Å²) in [4.78, 5) is 39.7. The number of thioether (sulfide) groups is 1. The van der Waals surface area contributed by atoms with Gasteiger partial charge in [-0.1, -0.05) is 18.2 Å². The van der Waals surface area contributed by atoms with E-state index in [2.05, 4.69) is 37.6 Å².